The van der Waals surface area contributed by atoms with Gasteiger partial charge in [-0.15, -0.1) is 0 Å². The summed E-state index contributed by atoms with van der Waals surface area (Å²) in [6.07, 6.45) is 3.38. The molecule has 5 heteroatoms. The van der Waals surface area contributed by atoms with Crippen LogP contribution in [0.4, 0.5) is 0 Å². The molecule has 0 aromatic heterocycles. The summed E-state index contributed by atoms with van der Waals surface area (Å²) in [6, 6.07) is 25.8. The predicted molar refractivity (Wildman–Crippen MR) is 155 cm³/mol. The zero-order valence-corrected chi connectivity index (χ0v) is 23.8. The van der Waals surface area contributed by atoms with Crippen molar-refractivity contribution in [2.45, 2.75) is 71.4 Å². The van der Waals surface area contributed by atoms with Gasteiger partial charge in [-0.2, -0.15) is 0 Å². The lowest BCUT2D eigenvalue weighted by atomic mass is 9.99. The van der Waals surface area contributed by atoms with Crippen LogP contribution in [0.15, 0.2) is 83.3 Å². The molecule has 0 unspecified atom stereocenters. The largest absolute Gasteiger partial charge is 0.354 e. The number of aryl methyl sites for hydroxylation is 1. The molecule has 0 aliphatic rings. The van der Waals surface area contributed by atoms with E-state index in [0.717, 1.165) is 34.0 Å². The van der Waals surface area contributed by atoms with Crippen LogP contribution in [0.25, 0.3) is 0 Å². The first-order valence-corrected chi connectivity index (χ1v) is 14.1. The first-order chi connectivity index (χ1) is 17.9. The summed E-state index contributed by atoms with van der Waals surface area (Å²) in [5.41, 5.74) is 4.45. The molecule has 1 N–H and O–H groups in total. The van der Waals surface area contributed by atoms with Gasteiger partial charge in [-0.25, -0.2) is 0 Å². The van der Waals surface area contributed by atoms with Crippen molar-refractivity contribution in [2.24, 2.45) is 0 Å². The van der Waals surface area contributed by atoms with Crippen LogP contribution in [0.5, 0.6) is 0 Å². The van der Waals surface area contributed by atoms with E-state index < -0.39 is 6.04 Å². The number of hydrogen-bond donors (Lipinski definition) is 1. The Bertz CT molecular complexity index is 1130. The molecule has 3 aromatic carbocycles. The summed E-state index contributed by atoms with van der Waals surface area (Å²) in [5.74, 6) is 0.364. The maximum absolute atomic E-state index is 13.8. The number of rotatable bonds is 13. The van der Waals surface area contributed by atoms with E-state index in [9.17, 15) is 9.59 Å². The maximum atomic E-state index is 13.8. The average molecular weight is 564 g/mol. The molecule has 0 spiro atoms. The maximum Gasteiger partial charge on any atom is 0.243 e. The van der Waals surface area contributed by atoms with Crippen LogP contribution in [-0.2, 0) is 29.0 Å². The van der Waals surface area contributed by atoms with Gasteiger partial charge in [0.25, 0.3) is 0 Å². The number of benzene rings is 3. The first-order valence-electron chi connectivity index (χ1n) is 13.3. The van der Waals surface area contributed by atoms with Crippen molar-refractivity contribution in [2.75, 3.05) is 6.54 Å². The number of unbranched alkanes of at least 4 members (excludes halogenated alkanes) is 1. The highest BCUT2D eigenvalue weighted by atomic mass is 79.9. The van der Waals surface area contributed by atoms with E-state index in [4.69, 9.17) is 0 Å². The van der Waals surface area contributed by atoms with Gasteiger partial charge in [-0.3, -0.25) is 9.59 Å². The van der Waals surface area contributed by atoms with Crippen LogP contribution in [0.2, 0.25) is 0 Å². The van der Waals surface area contributed by atoms with E-state index >= 15 is 0 Å². The Labute approximate surface area is 230 Å². The van der Waals surface area contributed by atoms with Crippen molar-refractivity contribution < 1.29 is 9.59 Å². The molecule has 2 amide bonds. The van der Waals surface area contributed by atoms with Crippen LogP contribution in [0, 0.1) is 0 Å². The molecule has 0 bridgehead atoms. The van der Waals surface area contributed by atoms with Crippen molar-refractivity contribution in [3.05, 3.63) is 106 Å². The summed E-state index contributed by atoms with van der Waals surface area (Å²) in [4.78, 5) is 29.0. The quantitative estimate of drug-likeness (QED) is 0.226. The molecule has 0 radical (unpaired) electrons. The van der Waals surface area contributed by atoms with E-state index in [1.165, 1.54) is 5.56 Å². The van der Waals surface area contributed by atoms with Gasteiger partial charge in [0.15, 0.2) is 0 Å². The van der Waals surface area contributed by atoms with Gasteiger partial charge >= 0.3 is 0 Å². The minimum Gasteiger partial charge on any atom is -0.354 e. The smallest absolute Gasteiger partial charge is 0.243 e. The van der Waals surface area contributed by atoms with Gasteiger partial charge in [0.1, 0.15) is 6.04 Å². The molecule has 1 atom stereocenters. The fourth-order valence-electron chi connectivity index (χ4n) is 4.36. The number of halogens is 1. The van der Waals surface area contributed by atoms with Gasteiger partial charge in [-0.1, -0.05) is 110 Å². The van der Waals surface area contributed by atoms with E-state index in [-0.39, 0.29) is 11.8 Å². The van der Waals surface area contributed by atoms with E-state index in [0.29, 0.717) is 38.3 Å². The summed E-state index contributed by atoms with van der Waals surface area (Å²) in [7, 11) is 0. The first kappa shape index (κ1) is 28.6. The monoisotopic (exact) mass is 562 g/mol. The van der Waals surface area contributed by atoms with Gasteiger partial charge in [-0.05, 0) is 53.1 Å². The Morgan fingerprint density at radius 1 is 0.892 bits per heavy atom. The van der Waals surface area contributed by atoms with Gasteiger partial charge in [0.2, 0.25) is 11.8 Å². The normalized spacial score (nSPS) is 11.8. The van der Waals surface area contributed by atoms with Crippen molar-refractivity contribution in [3.8, 4) is 0 Å². The Kier molecular flexibility index (Phi) is 11.4. The summed E-state index contributed by atoms with van der Waals surface area (Å²) in [5, 5.41) is 3.08. The molecular formula is C32H39BrN2O2. The second kappa shape index (κ2) is 14.7. The Morgan fingerprint density at radius 3 is 2.24 bits per heavy atom. The molecule has 0 aliphatic heterocycles. The van der Waals surface area contributed by atoms with E-state index in [1.807, 2.05) is 54.6 Å². The zero-order chi connectivity index (χ0) is 26.6. The molecule has 0 heterocycles. The predicted octanol–water partition coefficient (Wildman–Crippen LogP) is 7.06. The average Bonchev–Trinajstić information content (AvgIpc) is 2.90. The third kappa shape index (κ3) is 9.15. The van der Waals surface area contributed by atoms with Crippen molar-refractivity contribution in [3.63, 3.8) is 0 Å². The van der Waals surface area contributed by atoms with Crippen LogP contribution >= 0.6 is 15.9 Å². The molecular weight excluding hydrogens is 524 g/mol. The van der Waals surface area contributed by atoms with Gasteiger partial charge in [0, 0.05) is 30.4 Å². The Morgan fingerprint density at radius 2 is 1.59 bits per heavy atom. The van der Waals surface area contributed by atoms with Crippen LogP contribution in [0.1, 0.15) is 68.2 Å². The fourth-order valence-corrected chi connectivity index (χ4v) is 4.80. The second-order valence-electron chi connectivity index (χ2n) is 9.90. The number of carbonyl (C=O) groups excluding carboxylic acids is 2. The lowest BCUT2D eigenvalue weighted by molar-refractivity contribution is -0.141. The SMILES string of the molecule is CCCCNC(=O)[C@H](Cc1ccccc1)N(Cc1cccc(Br)c1)C(=O)CCc1ccc(C(C)C)cc1. The molecule has 3 rings (SSSR count). The third-order valence-electron chi connectivity index (χ3n) is 6.62. The second-order valence-corrected chi connectivity index (χ2v) is 10.8. The fraction of sp³-hybridized carbons (Fsp3) is 0.375. The molecule has 0 fully saturated rings. The molecule has 37 heavy (non-hydrogen) atoms. The van der Waals surface area contributed by atoms with E-state index in [1.54, 1.807) is 4.90 Å². The molecule has 196 valence electrons. The van der Waals surface area contributed by atoms with Gasteiger partial charge in [0.05, 0.1) is 0 Å². The highest BCUT2D eigenvalue weighted by molar-refractivity contribution is 9.10. The van der Waals surface area contributed by atoms with Crippen LogP contribution in [-0.4, -0.2) is 29.3 Å². The van der Waals surface area contributed by atoms with Crippen molar-refractivity contribution >= 4 is 27.7 Å². The lowest BCUT2D eigenvalue weighted by Crippen LogP contribution is -2.50. The van der Waals surface area contributed by atoms with Crippen molar-refractivity contribution in [1.29, 1.82) is 0 Å². The van der Waals surface area contributed by atoms with Crippen LogP contribution in [0.3, 0.4) is 0 Å². The Hall–Kier alpha value is -2.92. The molecule has 4 nitrogen and oxygen atoms in total. The van der Waals surface area contributed by atoms with Gasteiger partial charge < -0.3 is 10.2 Å². The van der Waals surface area contributed by atoms with Crippen LogP contribution < -0.4 is 5.32 Å². The lowest BCUT2D eigenvalue weighted by Gasteiger charge is -2.32. The van der Waals surface area contributed by atoms with E-state index in [2.05, 4.69) is 66.3 Å². The third-order valence-corrected chi connectivity index (χ3v) is 7.11. The minimum atomic E-state index is -0.589. The number of amides is 2. The van der Waals surface area contributed by atoms with Crippen molar-refractivity contribution in [1.82, 2.24) is 10.2 Å². The molecule has 3 aromatic rings. The number of nitrogens with zero attached hydrogens (tertiary/aromatic N) is 1. The number of carbonyl (C=O) groups is 2. The zero-order valence-electron chi connectivity index (χ0n) is 22.3. The number of hydrogen-bond acceptors (Lipinski definition) is 2. The Balaban J connectivity index is 1.86. The highest BCUT2D eigenvalue weighted by Crippen LogP contribution is 2.20. The molecule has 0 aliphatic carbocycles. The molecule has 0 saturated heterocycles. The minimum absolute atomic E-state index is 0.0144. The summed E-state index contributed by atoms with van der Waals surface area (Å²) >= 11 is 3.55. The highest BCUT2D eigenvalue weighted by Gasteiger charge is 2.30. The summed E-state index contributed by atoms with van der Waals surface area (Å²) in [6.45, 7) is 7.45. The summed E-state index contributed by atoms with van der Waals surface area (Å²) < 4.78 is 0.953. The number of nitrogens with one attached hydrogen (secondary N) is 1. The molecule has 0 saturated carbocycles. The standard InChI is InChI=1S/C32H39BrN2O2/c1-4-5-20-34-32(37)30(22-26-10-7-6-8-11-26)35(23-27-12-9-13-29(33)21-27)31(36)19-16-25-14-17-28(18-15-25)24(2)3/h6-15,17-18,21,24,30H,4-5,16,19-20,22-23H2,1-3H3,(H,34,37)/t30-/m0/s1. The topological polar surface area (TPSA) is 49.4 Å².